The average molecular weight is 504 g/mol. The fourth-order valence-electron chi connectivity index (χ4n) is 5.01. The molecule has 0 N–H and O–H groups in total. The van der Waals surface area contributed by atoms with Crippen LogP contribution in [0.25, 0.3) is 5.69 Å². The van der Waals surface area contributed by atoms with Gasteiger partial charge in [-0.3, -0.25) is 4.57 Å². The van der Waals surface area contributed by atoms with Gasteiger partial charge in [-0.05, 0) is 42.7 Å². The summed E-state index contributed by atoms with van der Waals surface area (Å²) in [6.07, 6.45) is 0.855. The average Bonchev–Trinajstić information content (AvgIpc) is 3.26. The van der Waals surface area contributed by atoms with Gasteiger partial charge in [0.05, 0.1) is 5.69 Å². The van der Waals surface area contributed by atoms with Crippen molar-refractivity contribution >= 4 is 23.3 Å². The van der Waals surface area contributed by atoms with E-state index in [0.717, 1.165) is 34.8 Å². The van der Waals surface area contributed by atoms with Gasteiger partial charge < -0.3 is 0 Å². The monoisotopic (exact) mass is 503 g/mol. The number of hydrogen-bond donors (Lipinski definition) is 0. The van der Waals surface area contributed by atoms with Gasteiger partial charge in [0.1, 0.15) is 11.5 Å². The van der Waals surface area contributed by atoms with Crippen molar-refractivity contribution in [1.82, 2.24) is 14.8 Å². The number of aromatic nitrogens is 3. The molecule has 0 radical (unpaired) electrons. The van der Waals surface area contributed by atoms with E-state index in [1.165, 1.54) is 11.1 Å². The predicted octanol–water partition coefficient (Wildman–Crippen LogP) is 7.02. The summed E-state index contributed by atoms with van der Waals surface area (Å²) >= 11 is 6.22. The highest BCUT2D eigenvalue weighted by atomic mass is 35.5. The normalized spacial score (nSPS) is 12.6. The van der Waals surface area contributed by atoms with Crippen LogP contribution in [0.15, 0.2) is 114 Å². The molecule has 2 heterocycles. The van der Waals surface area contributed by atoms with Crippen LogP contribution >= 0.6 is 11.6 Å². The van der Waals surface area contributed by atoms with Crippen LogP contribution in [0.1, 0.15) is 40.4 Å². The van der Waals surface area contributed by atoms with Crippen LogP contribution in [0.4, 0.5) is 5.95 Å². The minimum Gasteiger partial charge on any atom is -0.263 e. The van der Waals surface area contributed by atoms with E-state index in [1.807, 2.05) is 48.3 Å². The maximum Gasteiger partial charge on any atom is 0.252 e. The molecule has 0 saturated carbocycles. The molecule has 182 valence electrons. The van der Waals surface area contributed by atoms with Crippen LogP contribution in [0.2, 0.25) is 5.02 Å². The number of benzene rings is 4. The second kappa shape index (κ2) is 10.0. The lowest BCUT2D eigenvalue weighted by atomic mass is 9.88. The number of anilines is 1. The molecule has 0 bridgehead atoms. The Morgan fingerprint density at radius 3 is 2.03 bits per heavy atom. The van der Waals surface area contributed by atoms with E-state index in [4.69, 9.17) is 16.7 Å². The van der Waals surface area contributed by atoms with Gasteiger partial charge in [-0.15, -0.1) is 10.2 Å². The quantitative estimate of drug-likeness (QED) is 0.250. The molecule has 1 aromatic heterocycles. The zero-order chi connectivity index (χ0) is 25.2. The minimum absolute atomic E-state index is 0.222. The van der Waals surface area contributed by atoms with E-state index in [0.29, 0.717) is 17.5 Å². The zero-order valence-corrected chi connectivity index (χ0v) is 21.3. The molecule has 37 heavy (non-hydrogen) atoms. The van der Waals surface area contributed by atoms with Crippen molar-refractivity contribution in [2.75, 3.05) is 11.6 Å². The summed E-state index contributed by atoms with van der Waals surface area (Å²) in [4.78, 5) is 0. The number of fused-ring (bicyclic) bond motifs is 3. The lowest BCUT2D eigenvalue weighted by Gasteiger charge is -2.23. The third-order valence-electron chi connectivity index (χ3n) is 6.81. The maximum absolute atomic E-state index is 6.22. The van der Waals surface area contributed by atoms with Gasteiger partial charge in [0.15, 0.2) is 0 Å². The summed E-state index contributed by atoms with van der Waals surface area (Å²) in [6, 6.07) is 37.5. The molecular weight excluding hydrogens is 478 g/mol. The fraction of sp³-hybridized carbons (Fsp3) is 0.129. The lowest BCUT2D eigenvalue weighted by molar-refractivity contribution is 0.671. The lowest BCUT2D eigenvalue weighted by Crippen LogP contribution is -2.24. The van der Waals surface area contributed by atoms with Crippen molar-refractivity contribution < 1.29 is 0 Å². The smallest absolute Gasteiger partial charge is 0.252 e. The Hall–Kier alpha value is -4.22. The van der Waals surface area contributed by atoms with Crippen LogP contribution in [0, 0.1) is 6.92 Å². The molecule has 0 atom stereocenters. The fourth-order valence-corrected chi connectivity index (χ4v) is 5.13. The van der Waals surface area contributed by atoms with E-state index >= 15 is 0 Å². The number of hydrazone groups is 1. The Kier molecular flexibility index (Phi) is 6.29. The van der Waals surface area contributed by atoms with Crippen LogP contribution in [-0.4, -0.2) is 27.0 Å². The van der Waals surface area contributed by atoms with E-state index < -0.39 is 0 Å². The molecule has 6 heteroatoms. The van der Waals surface area contributed by atoms with Crippen molar-refractivity contribution in [3.8, 4) is 5.69 Å². The highest BCUT2D eigenvalue weighted by Gasteiger charge is 2.27. The van der Waals surface area contributed by atoms with E-state index in [9.17, 15) is 0 Å². The van der Waals surface area contributed by atoms with E-state index in [1.54, 1.807) is 0 Å². The van der Waals surface area contributed by atoms with Crippen LogP contribution in [0.3, 0.4) is 0 Å². The Bertz CT molecular complexity index is 1500. The van der Waals surface area contributed by atoms with Crippen LogP contribution < -0.4 is 5.01 Å². The van der Waals surface area contributed by atoms with Crippen molar-refractivity contribution in [3.63, 3.8) is 0 Å². The Morgan fingerprint density at radius 1 is 0.730 bits per heavy atom. The molecule has 0 amide bonds. The molecule has 0 spiro atoms. The molecule has 5 aromatic rings. The number of aryl methyl sites for hydroxylation is 1. The summed E-state index contributed by atoms with van der Waals surface area (Å²) < 4.78 is 2.10. The van der Waals surface area contributed by atoms with Crippen LogP contribution in [-0.2, 0) is 0 Å². The molecule has 6 rings (SSSR count). The molecular formula is C31H26ClN5. The first-order valence-electron chi connectivity index (χ1n) is 12.4. The van der Waals surface area contributed by atoms with Gasteiger partial charge in [0, 0.05) is 28.6 Å². The molecule has 1 aliphatic heterocycles. The summed E-state index contributed by atoms with van der Waals surface area (Å²) in [5.74, 6) is 1.76. The number of nitrogens with zero attached hydrogens (tertiary/aromatic N) is 5. The molecule has 0 fully saturated rings. The molecule has 1 aliphatic rings. The molecule has 5 nitrogen and oxygen atoms in total. The molecule has 0 aliphatic carbocycles. The highest BCUT2D eigenvalue weighted by Crippen LogP contribution is 2.33. The van der Waals surface area contributed by atoms with E-state index in [-0.39, 0.29) is 5.92 Å². The molecule has 4 aromatic carbocycles. The van der Waals surface area contributed by atoms with Crippen molar-refractivity contribution in [2.24, 2.45) is 5.10 Å². The standard InChI is InChI=1S/C31H26ClN5/c1-22-33-34-31-36(21-20-27(23-10-4-2-5-11-23)24-12-6-3-7-13-24)35-30(25-16-18-26(32)19-17-25)28-14-8-9-15-29(28)37(22)31/h2-19,27H,20-21H2,1H3. The van der Waals surface area contributed by atoms with Crippen molar-refractivity contribution in [2.45, 2.75) is 19.3 Å². The molecule has 0 unspecified atom stereocenters. The number of para-hydroxylation sites is 1. The van der Waals surface area contributed by atoms with Crippen molar-refractivity contribution in [1.29, 1.82) is 0 Å². The highest BCUT2D eigenvalue weighted by molar-refractivity contribution is 6.30. The Morgan fingerprint density at radius 2 is 1.35 bits per heavy atom. The summed E-state index contributed by atoms with van der Waals surface area (Å²) in [6.45, 7) is 2.65. The third kappa shape index (κ3) is 4.54. The third-order valence-corrected chi connectivity index (χ3v) is 7.06. The number of halogens is 1. The van der Waals surface area contributed by atoms with Gasteiger partial charge in [0.2, 0.25) is 0 Å². The zero-order valence-electron chi connectivity index (χ0n) is 20.5. The summed E-state index contributed by atoms with van der Waals surface area (Å²) in [7, 11) is 0. The van der Waals surface area contributed by atoms with Gasteiger partial charge in [-0.2, -0.15) is 5.10 Å². The first-order chi connectivity index (χ1) is 18.2. The first-order valence-corrected chi connectivity index (χ1v) is 12.8. The summed E-state index contributed by atoms with van der Waals surface area (Å²) in [5, 5.41) is 16.9. The largest absolute Gasteiger partial charge is 0.263 e. The van der Waals surface area contributed by atoms with Gasteiger partial charge in [-0.1, -0.05) is 103 Å². The van der Waals surface area contributed by atoms with Crippen molar-refractivity contribution in [3.05, 3.63) is 142 Å². The van der Waals surface area contributed by atoms with E-state index in [2.05, 4.69) is 87.6 Å². The maximum atomic E-state index is 6.22. The topological polar surface area (TPSA) is 46.3 Å². The molecule has 0 saturated heterocycles. The SMILES string of the molecule is Cc1nnc2n1-c1ccccc1C(c1ccc(Cl)cc1)=NN2CCC(c1ccccc1)c1ccccc1. The predicted molar refractivity (Wildman–Crippen MR) is 150 cm³/mol. The summed E-state index contributed by atoms with van der Waals surface area (Å²) in [5.41, 5.74) is 6.49. The first kappa shape index (κ1) is 23.2. The Balaban J connectivity index is 1.44. The minimum atomic E-state index is 0.222. The number of rotatable bonds is 6. The van der Waals surface area contributed by atoms with Gasteiger partial charge >= 0.3 is 0 Å². The second-order valence-corrected chi connectivity index (χ2v) is 9.58. The van der Waals surface area contributed by atoms with Crippen LogP contribution in [0.5, 0.6) is 0 Å². The number of hydrogen-bond acceptors (Lipinski definition) is 4. The Labute approximate surface area is 221 Å². The second-order valence-electron chi connectivity index (χ2n) is 9.14. The van der Waals surface area contributed by atoms with Gasteiger partial charge in [-0.25, -0.2) is 5.01 Å². The van der Waals surface area contributed by atoms with Gasteiger partial charge in [0.25, 0.3) is 5.95 Å².